The Morgan fingerprint density at radius 1 is 1.10 bits per heavy atom. The van der Waals surface area contributed by atoms with Crippen molar-refractivity contribution < 1.29 is 23.8 Å². The Bertz CT molecular complexity index is 1480. The Kier molecular flexibility index (Phi) is 7.49. The van der Waals surface area contributed by atoms with Crippen LogP contribution < -0.4 is 20.7 Å². The number of hydrogen-bond acceptors (Lipinski definition) is 6. The molecule has 1 aliphatic heterocycles. The van der Waals surface area contributed by atoms with Crippen LogP contribution in [0.2, 0.25) is 0 Å². The molecule has 2 aromatic heterocycles. The number of carbonyl (C=O) groups excluding carboxylic acids is 2. The average Bonchev–Trinajstić information content (AvgIpc) is 3.50. The number of amides is 3. The minimum atomic E-state index is -0.602. The third kappa shape index (κ3) is 6.54. The lowest BCUT2D eigenvalue weighted by atomic mass is 10.1. The van der Waals surface area contributed by atoms with Gasteiger partial charge in [0.25, 0.3) is 5.91 Å². The largest absolute Gasteiger partial charge is 0.491 e. The topological polar surface area (TPSA) is 115 Å². The van der Waals surface area contributed by atoms with Crippen molar-refractivity contribution in [2.24, 2.45) is 0 Å². The maximum Gasteiger partial charge on any atom is 0.319 e. The average molecular weight is 530 g/mol. The molecule has 3 heterocycles. The quantitative estimate of drug-likeness (QED) is 0.304. The second-order valence-electron chi connectivity index (χ2n) is 9.77. The number of benzene rings is 2. The fourth-order valence-electron chi connectivity index (χ4n) is 4.23. The molecular formula is C29H31N5O5. The highest BCUT2D eigenvalue weighted by Gasteiger charge is 2.33. The fraction of sp³-hybridized carbons (Fsp3) is 0.276. The molecule has 1 fully saturated rings. The lowest BCUT2D eigenvalue weighted by molar-refractivity contribution is -0.141. The maximum atomic E-state index is 13.2. The first-order valence-corrected chi connectivity index (χ1v) is 12.7. The fourth-order valence-corrected chi connectivity index (χ4v) is 4.23. The van der Waals surface area contributed by atoms with Crippen molar-refractivity contribution in [3.8, 4) is 5.75 Å². The lowest BCUT2D eigenvalue weighted by Gasteiger charge is -2.17. The highest BCUT2D eigenvalue weighted by molar-refractivity contribution is 6.04. The molecule has 39 heavy (non-hydrogen) atoms. The molecule has 0 saturated carbocycles. The molecule has 0 radical (unpaired) electrons. The Hall–Kier alpha value is -4.41. The van der Waals surface area contributed by atoms with Crippen molar-refractivity contribution >= 4 is 29.0 Å². The minimum Gasteiger partial charge on any atom is -0.491 e. The number of carbonyl (C=O) groups is 2. The summed E-state index contributed by atoms with van der Waals surface area (Å²) in [6, 6.07) is 18.1. The number of fused-ring (bicyclic) bond motifs is 1. The second-order valence-corrected chi connectivity index (χ2v) is 9.77. The van der Waals surface area contributed by atoms with E-state index in [9.17, 15) is 9.59 Å². The van der Waals surface area contributed by atoms with Gasteiger partial charge in [0.2, 0.25) is 0 Å². The highest BCUT2D eigenvalue weighted by Crippen LogP contribution is 2.24. The number of urea groups is 1. The maximum absolute atomic E-state index is 13.2. The van der Waals surface area contributed by atoms with E-state index in [1.54, 1.807) is 22.7 Å². The Morgan fingerprint density at radius 3 is 2.69 bits per heavy atom. The first kappa shape index (κ1) is 26.2. The van der Waals surface area contributed by atoms with Crippen LogP contribution in [0.5, 0.6) is 5.75 Å². The number of rotatable bonds is 8. The van der Waals surface area contributed by atoms with E-state index in [1.165, 1.54) is 6.20 Å². The zero-order valence-electron chi connectivity index (χ0n) is 22.1. The first-order valence-electron chi connectivity index (χ1n) is 12.7. The monoisotopic (exact) mass is 529 g/mol. The van der Waals surface area contributed by atoms with Crippen LogP contribution in [0, 0.1) is 6.92 Å². The summed E-state index contributed by atoms with van der Waals surface area (Å²) in [6.07, 6.45) is 3.13. The summed E-state index contributed by atoms with van der Waals surface area (Å²) in [7, 11) is 0. The van der Waals surface area contributed by atoms with E-state index in [2.05, 4.69) is 20.9 Å². The summed E-state index contributed by atoms with van der Waals surface area (Å²) < 4.78 is 18.9. The van der Waals surface area contributed by atoms with Crippen LogP contribution in [-0.2, 0) is 16.0 Å². The van der Waals surface area contributed by atoms with Crippen molar-refractivity contribution in [3.63, 3.8) is 0 Å². The van der Waals surface area contributed by atoms with E-state index < -0.39 is 5.79 Å². The van der Waals surface area contributed by atoms with E-state index in [4.69, 9.17) is 14.2 Å². The Labute approximate surface area is 226 Å². The third-order valence-electron chi connectivity index (χ3n) is 6.26. The van der Waals surface area contributed by atoms with Crippen LogP contribution in [-0.4, -0.2) is 46.4 Å². The number of imidazole rings is 1. The van der Waals surface area contributed by atoms with Crippen LogP contribution in [0.1, 0.15) is 35.5 Å². The molecule has 1 atom stereocenters. The van der Waals surface area contributed by atoms with Crippen LogP contribution >= 0.6 is 0 Å². The molecule has 2 aromatic carbocycles. The minimum absolute atomic E-state index is 0.148. The summed E-state index contributed by atoms with van der Waals surface area (Å²) >= 11 is 0. The Balaban J connectivity index is 1.20. The Morgan fingerprint density at radius 2 is 1.92 bits per heavy atom. The molecule has 3 amide bonds. The van der Waals surface area contributed by atoms with Gasteiger partial charge in [-0.2, -0.15) is 0 Å². The summed E-state index contributed by atoms with van der Waals surface area (Å²) in [5, 5.41) is 8.59. The molecule has 3 N–H and O–H groups in total. The van der Waals surface area contributed by atoms with Gasteiger partial charge in [0, 0.05) is 30.2 Å². The van der Waals surface area contributed by atoms with E-state index in [0.29, 0.717) is 48.2 Å². The number of nitrogens with zero attached hydrogens (tertiary/aromatic N) is 2. The van der Waals surface area contributed by atoms with Gasteiger partial charge in [-0.3, -0.25) is 9.20 Å². The number of hydrogen-bond donors (Lipinski definition) is 3. The van der Waals surface area contributed by atoms with Gasteiger partial charge in [-0.15, -0.1) is 0 Å². The molecule has 10 nitrogen and oxygen atoms in total. The van der Waals surface area contributed by atoms with Gasteiger partial charge in [0.15, 0.2) is 5.79 Å². The van der Waals surface area contributed by atoms with Gasteiger partial charge in [-0.05, 0) is 56.2 Å². The van der Waals surface area contributed by atoms with Gasteiger partial charge in [0.1, 0.15) is 29.8 Å². The predicted octanol–water partition coefficient (Wildman–Crippen LogP) is 4.75. The van der Waals surface area contributed by atoms with Crippen LogP contribution in [0.25, 0.3) is 5.65 Å². The number of aryl methyl sites for hydroxylation is 1. The molecule has 202 valence electrons. The third-order valence-corrected chi connectivity index (χ3v) is 6.26. The van der Waals surface area contributed by atoms with Crippen LogP contribution in [0.3, 0.4) is 0 Å². The molecular weight excluding hydrogens is 498 g/mol. The molecule has 1 aliphatic rings. The van der Waals surface area contributed by atoms with E-state index >= 15 is 0 Å². The van der Waals surface area contributed by atoms with Gasteiger partial charge >= 0.3 is 6.03 Å². The van der Waals surface area contributed by atoms with Gasteiger partial charge < -0.3 is 30.2 Å². The zero-order valence-corrected chi connectivity index (χ0v) is 22.1. The number of para-hydroxylation sites is 1. The summed E-state index contributed by atoms with van der Waals surface area (Å²) in [5.74, 6) is -0.278. The van der Waals surface area contributed by atoms with Crippen LogP contribution in [0.4, 0.5) is 16.2 Å². The number of pyridine rings is 1. The smallest absolute Gasteiger partial charge is 0.319 e. The van der Waals surface area contributed by atoms with Crippen molar-refractivity contribution in [1.29, 1.82) is 0 Å². The molecule has 0 aliphatic carbocycles. The molecule has 0 bridgehead atoms. The molecule has 4 aromatic rings. The van der Waals surface area contributed by atoms with Gasteiger partial charge in [-0.1, -0.05) is 30.3 Å². The van der Waals surface area contributed by atoms with Gasteiger partial charge in [0.05, 0.1) is 12.8 Å². The van der Waals surface area contributed by atoms with Crippen molar-refractivity contribution in [2.75, 3.05) is 23.8 Å². The van der Waals surface area contributed by atoms with E-state index in [-0.39, 0.29) is 18.0 Å². The molecule has 1 unspecified atom stereocenters. The summed E-state index contributed by atoms with van der Waals surface area (Å²) in [6.45, 7) is 6.78. The van der Waals surface area contributed by atoms with Crippen molar-refractivity contribution in [2.45, 2.75) is 39.2 Å². The molecule has 10 heteroatoms. The number of aromatic nitrogens is 2. The van der Waals surface area contributed by atoms with Crippen LogP contribution in [0.15, 0.2) is 73.1 Å². The molecule has 0 spiro atoms. The number of nitrogens with one attached hydrogen (secondary N) is 3. The summed E-state index contributed by atoms with van der Waals surface area (Å²) in [5.41, 5.74) is 4.07. The molecule has 1 saturated heterocycles. The SMILES string of the molecule is Cc1ccc(CNC(=O)Nc2ccccc2)cc1NC(=O)c1cnc2cc(OCC3COC(C)(C)O3)ccn12. The number of ether oxygens (including phenoxy) is 3. The summed E-state index contributed by atoms with van der Waals surface area (Å²) in [4.78, 5) is 29.8. The first-order chi connectivity index (χ1) is 18.8. The zero-order chi connectivity index (χ0) is 27.4. The van der Waals surface area contributed by atoms with Crippen molar-refractivity contribution in [1.82, 2.24) is 14.7 Å². The second kappa shape index (κ2) is 11.1. The van der Waals surface area contributed by atoms with Gasteiger partial charge in [-0.25, -0.2) is 9.78 Å². The lowest BCUT2D eigenvalue weighted by Crippen LogP contribution is -2.28. The molecule has 5 rings (SSSR count). The highest BCUT2D eigenvalue weighted by atomic mass is 16.7. The van der Waals surface area contributed by atoms with Crippen molar-refractivity contribution in [3.05, 3.63) is 89.9 Å². The van der Waals surface area contributed by atoms with E-state index in [0.717, 1.165) is 11.1 Å². The van der Waals surface area contributed by atoms with E-state index in [1.807, 2.05) is 69.3 Å². The number of anilines is 2. The normalized spacial score (nSPS) is 16.1. The predicted molar refractivity (Wildman–Crippen MR) is 147 cm³/mol. The standard InChI is InChI=1S/C29H31N5O5/c1-19-9-10-20(15-31-28(36)32-21-7-5-4-6-8-21)13-24(19)33-27(35)25-16-30-26-14-22(11-12-34(25)26)37-17-23-18-38-29(2,3)39-23/h4-14,16,23H,15,17-18H2,1-3H3,(H,33,35)(H2,31,32,36).